The van der Waals surface area contributed by atoms with Crippen molar-refractivity contribution in [3.05, 3.63) is 18.2 Å². The van der Waals surface area contributed by atoms with E-state index in [1.807, 2.05) is 32.0 Å². The van der Waals surface area contributed by atoms with Gasteiger partial charge in [-0.25, -0.2) is 4.98 Å². The number of fused-ring (bicyclic) bond motifs is 1. The Bertz CT molecular complexity index is 545. The molecule has 1 atom stereocenters. The molecule has 98 valence electrons. The molecule has 4 heteroatoms. The number of para-hydroxylation sites is 1. The number of imidazole rings is 1. The number of anilines is 1. The predicted molar refractivity (Wildman–Crippen MR) is 74.9 cm³/mol. The van der Waals surface area contributed by atoms with E-state index in [9.17, 15) is 0 Å². The second-order valence-electron chi connectivity index (χ2n) is 4.89. The number of ether oxygens (including phenoxy) is 1. The lowest BCUT2D eigenvalue weighted by molar-refractivity contribution is 0.245. The Morgan fingerprint density at radius 3 is 2.67 bits per heavy atom. The zero-order valence-electron chi connectivity index (χ0n) is 11.5. The maximum atomic E-state index is 6.03. The lowest BCUT2D eigenvalue weighted by atomic mass is 10.2. The number of nitrogens with zero attached hydrogens (tertiary/aromatic N) is 2. The number of nitrogen functional groups attached to an aromatic ring is 1. The Labute approximate surface area is 108 Å². The van der Waals surface area contributed by atoms with Crippen molar-refractivity contribution in [2.75, 3.05) is 5.73 Å². The first-order valence-corrected chi connectivity index (χ1v) is 6.47. The largest absolute Gasteiger partial charge is 0.489 e. The third-order valence-corrected chi connectivity index (χ3v) is 3.10. The lowest BCUT2D eigenvalue weighted by Crippen LogP contribution is -2.07. The summed E-state index contributed by atoms with van der Waals surface area (Å²) in [5.41, 5.74) is 7.92. The minimum Gasteiger partial charge on any atom is -0.489 e. The fraction of sp³-hybridized carbons (Fsp3) is 0.500. The highest BCUT2D eigenvalue weighted by Gasteiger charge is 2.15. The minimum absolute atomic E-state index is 0.130. The molecule has 1 unspecified atom stereocenters. The molecule has 0 spiro atoms. The summed E-state index contributed by atoms with van der Waals surface area (Å²) in [5, 5.41) is 0. The van der Waals surface area contributed by atoms with Gasteiger partial charge in [0.15, 0.2) is 0 Å². The summed E-state index contributed by atoms with van der Waals surface area (Å²) in [6.07, 6.45) is 1.15. The third-order valence-electron chi connectivity index (χ3n) is 3.10. The number of aromatic nitrogens is 2. The highest BCUT2D eigenvalue weighted by molar-refractivity contribution is 5.84. The van der Waals surface area contributed by atoms with Crippen molar-refractivity contribution in [3.8, 4) is 5.75 Å². The van der Waals surface area contributed by atoms with Crippen LogP contribution in [0.5, 0.6) is 5.75 Å². The van der Waals surface area contributed by atoms with Crippen LogP contribution in [0.2, 0.25) is 0 Å². The molecule has 0 aliphatic rings. The van der Waals surface area contributed by atoms with Crippen molar-refractivity contribution >= 4 is 17.0 Å². The number of hydrogen-bond donors (Lipinski definition) is 1. The van der Waals surface area contributed by atoms with Crippen LogP contribution in [0.25, 0.3) is 11.0 Å². The Kier molecular flexibility index (Phi) is 3.45. The van der Waals surface area contributed by atoms with Gasteiger partial charge >= 0.3 is 0 Å². The smallest absolute Gasteiger partial charge is 0.201 e. The van der Waals surface area contributed by atoms with Crippen molar-refractivity contribution in [1.82, 2.24) is 9.55 Å². The van der Waals surface area contributed by atoms with E-state index in [0.29, 0.717) is 12.0 Å². The molecule has 2 aromatic rings. The Morgan fingerprint density at radius 2 is 2.06 bits per heavy atom. The van der Waals surface area contributed by atoms with E-state index in [4.69, 9.17) is 10.5 Å². The van der Waals surface area contributed by atoms with Crippen LogP contribution < -0.4 is 10.5 Å². The van der Waals surface area contributed by atoms with Crippen molar-refractivity contribution in [2.45, 2.75) is 46.3 Å². The quantitative estimate of drug-likeness (QED) is 0.901. The monoisotopic (exact) mass is 247 g/mol. The normalized spacial score (nSPS) is 13.2. The molecule has 0 aliphatic carbocycles. The van der Waals surface area contributed by atoms with Crippen molar-refractivity contribution in [1.29, 1.82) is 0 Å². The fourth-order valence-corrected chi connectivity index (χ4v) is 2.10. The van der Waals surface area contributed by atoms with Gasteiger partial charge in [0.25, 0.3) is 0 Å². The molecule has 18 heavy (non-hydrogen) atoms. The molecule has 0 bridgehead atoms. The molecule has 0 saturated heterocycles. The molecule has 0 fully saturated rings. The Morgan fingerprint density at radius 1 is 1.33 bits per heavy atom. The van der Waals surface area contributed by atoms with Crippen molar-refractivity contribution < 1.29 is 4.74 Å². The molecule has 1 heterocycles. The first kappa shape index (κ1) is 12.7. The van der Waals surface area contributed by atoms with Gasteiger partial charge in [0.05, 0.1) is 11.6 Å². The van der Waals surface area contributed by atoms with Crippen LogP contribution in [0.1, 0.15) is 40.2 Å². The molecular formula is C14H21N3O. The topological polar surface area (TPSA) is 53.1 Å². The number of rotatable bonds is 4. The van der Waals surface area contributed by atoms with Crippen LogP contribution in [0.3, 0.4) is 0 Å². The zero-order chi connectivity index (χ0) is 13.3. The number of benzene rings is 1. The van der Waals surface area contributed by atoms with E-state index in [-0.39, 0.29) is 6.10 Å². The van der Waals surface area contributed by atoms with E-state index in [1.165, 1.54) is 0 Å². The van der Waals surface area contributed by atoms with E-state index in [1.54, 1.807) is 0 Å². The van der Waals surface area contributed by atoms with Gasteiger partial charge in [-0.1, -0.05) is 13.0 Å². The lowest BCUT2D eigenvalue weighted by Gasteiger charge is -2.14. The van der Waals surface area contributed by atoms with Crippen LogP contribution in [0, 0.1) is 0 Å². The van der Waals surface area contributed by atoms with Gasteiger partial charge in [-0.3, -0.25) is 0 Å². The minimum atomic E-state index is 0.130. The molecule has 0 saturated carbocycles. The number of hydrogen-bond acceptors (Lipinski definition) is 3. The second-order valence-corrected chi connectivity index (χ2v) is 4.89. The summed E-state index contributed by atoms with van der Waals surface area (Å²) < 4.78 is 7.85. The summed E-state index contributed by atoms with van der Waals surface area (Å²) >= 11 is 0. The van der Waals surface area contributed by atoms with Crippen molar-refractivity contribution in [3.63, 3.8) is 0 Å². The van der Waals surface area contributed by atoms with Crippen molar-refractivity contribution in [2.24, 2.45) is 0 Å². The van der Waals surface area contributed by atoms with Crippen LogP contribution in [-0.4, -0.2) is 15.7 Å². The van der Waals surface area contributed by atoms with E-state index >= 15 is 0 Å². The Hall–Kier alpha value is -1.71. The highest BCUT2D eigenvalue weighted by atomic mass is 16.5. The third kappa shape index (κ3) is 2.15. The average molecular weight is 247 g/mol. The van der Waals surface area contributed by atoms with Crippen LogP contribution in [0.4, 0.5) is 5.95 Å². The maximum Gasteiger partial charge on any atom is 0.201 e. The van der Waals surface area contributed by atoms with Gasteiger partial charge < -0.3 is 15.0 Å². The SMILES string of the molecule is CCC(C)n1c(N)nc2c(OC(C)C)cccc21. The molecule has 0 radical (unpaired) electrons. The molecule has 2 rings (SSSR count). The first-order chi connectivity index (χ1) is 8.54. The molecule has 1 aromatic heterocycles. The van der Waals surface area contributed by atoms with Gasteiger partial charge in [-0.2, -0.15) is 0 Å². The standard InChI is InChI=1S/C14H21N3O/c1-5-10(4)17-11-7-6-8-12(18-9(2)3)13(11)16-14(17)15/h6-10H,5H2,1-4H3,(H2,15,16). The van der Waals surface area contributed by atoms with Crippen LogP contribution in [0.15, 0.2) is 18.2 Å². The molecule has 4 nitrogen and oxygen atoms in total. The maximum absolute atomic E-state index is 6.03. The summed E-state index contributed by atoms with van der Waals surface area (Å²) in [5.74, 6) is 1.36. The van der Waals surface area contributed by atoms with Gasteiger partial charge in [0.2, 0.25) is 5.95 Å². The number of nitrogens with two attached hydrogens (primary N) is 1. The molecular weight excluding hydrogens is 226 g/mol. The predicted octanol–water partition coefficient (Wildman–Crippen LogP) is 3.38. The first-order valence-electron chi connectivity index (χ1n) is 6.47. The van der Waals surface area contributed by atoms with Gasteiger partial charge in [0, 0.05) is 6.04 Å². The summed E-state index contributed by atoms with van der Waals surface area (Å²) in [6.45, 7) is 8.31. The van der Waals surface area contributed by atoms with E-state index in [0.717, 1.165) is 23.2 Å². The summed E-state index contributed by atoms with van der Waals surface area (Å²) in [4.78, 5) is 4.45. The van der Waals surface area contributed by atoms with E-state index in [2.05, 4.69) is 23.4 Å². The molecule has 1 aromatic carbocycles. The van der Waals surface area contributed by atoms with Gasteiger partial charge in [0.1, 0.15) is 11.3 Å². The zero-order valence-corrected chi connectivity index (χ0v) is 11.5. The fourth-order valence-electron chi connectivity index (χ4n) is 2.10. The van der Waals surface area contributed by atoms with Gasteiger partial charge in [-0.15, -0.1) is 0 Å². The second kappa shape index (κ2) is 4.88. The highest BCUT2D eigenvalue weighted by Crippen LogP contribution is 2.30. The Balaban J connectivity index is 2.59. The molecule has 0 amide bonds. The average Bonchev–Trinajstić information content (AvgIpc) is 2.65. The summed E-state index contributed by atoms with van der Waals surface area (Å²) in [6, 6.07) is 6.30. The van der Waals surface area contributed by atoms with Crippen LogP contribution in [-0.2, 0) is 0 Å². The molecule has 0 aliphatic heterocycles. The summed E-state index contributed by atoms with van der Waals surface area (Å²) in [7, 11) is 0. The van der Waals surface area contributed by atoms with Gasteiger partial charge in [-0.05, 0) is 39.3 Å². The molecule has 2 N–H and O–H groups in total. The van der Waals surface area contributed by atoms with E-state index < -0.39 is 0 Å². The van der Waals surface area contributed by atoms with Crippen LogP contribution >= 0.6 is 0 Å².